The second kappa shape index (κ2) is 10.2. The first-order valence-electron chi connectivity index (χ1n) is 14.1. The van der Waals surface area contributed by atoms with Crippen LogP contribution >= 0.6 is 0 Å². The average molecular weight is 516 g/mol. The average Bonchev–Trinajstić information content (AvgIpc) is 3.20. The fourth-order valence-corrected chi connectivity index (χ4v) is 7.28. The van der Waals surface area contributed by atoms with Crippen molar-refractivity contribution in [3.8, 4) is 0 Å². The van der Waals surface area contributed by atoms with Crippen molar-refractivity contribution < 1.29 is 14.3 Å². The predicted molar refractivity (Wildman–Crippen MR) is 150 cm³/mol. The number of aromatic nitrogens is 2. The first kappa shape index (κ1) is 26.5. The number of benzene rings is 2. The van der Waals surface area contributed by atoms with Crippen LogP contribution in [-0.4, -0.2) is 34.6 Å². The largest absolute Gasteiger partial charge is 0.454 e. The molecule has 2 aromatic carbocycles. The Bertz CT molecular complexity index is 1360. The maximum Gasteiger partial charge on any atom is 0.326 e. The normalized spacial score (nSPS) is 24.6. The monoisotopic (exact) mass is 515 g/mol. The molecular weight excluding hydrogens is 474 g/mol. The summed E-state index contributed by atoms with van der Waals surface area (Å²) in [7, 11) is 0. The van der Waals surface area contributed by atoms with Gasteiger partial charge in [0.2, 0.25) is 0 Å². The van der Waals surface area contributed by atoms with Gasteiger partial charge in [-0.25, -0.2) is 4.98 Å². The first-order valence-corrected chi connectivity index (χ1v) is 14.1. The lowest BCUT2D eigenvalue weighted by Crippen LogP contribution is -2.53. The van der Waals surface area contributed by atoms with Crippen LogP contribution in [0, 0.1) is 18.3 Å². The third kappa shape index (κ3) is 4.85. The molecule has 38 heavy (non-hydrogen) atoms. The summed E-state index contributed by atoms with van der Waals surface area (Å²) in [5.74, 6) is 1.11. The highest BCUT2D eigenvalue weighted by Crippen LogP contribution is 2.57. The number of para-hydroxylation sites is 2. The molecule has 202 valence electrons. The number of fused-ring (bicyclic) bond motifs is 4. The molecule has 1 saturated carbocycles. The van der Waals surface area contributed by atoms with Gasteiger partial charge in [-0.1, -0.05) is 64.4 Å². The van der Waals surface area contributed by atoms with E-state index >= 15 is 0 Å². The predicted octanol–water partition coefficient (Wildman–Crippen LogP) is 5.84. The molecule has 1 N–H and O–H groups in total. The molecule has 3 atom stereocenters. The Labute approximate surface area is 226 Å². The molecule has 0 saturated heterocycles. The Hall–Kier alpha value is -3.15. The Morgan fingerprint density at radius 1 is 1.16 bits per heavy atom. The molecule has 0 aliphatic heterocycles. The summed E-state index contributed by atoms with van der Waals surface area (Å²) in [6.45, 7) is 11.5. The standard InChI is InChI=1S/C32H41N3O3/c1-21(2)23-11-13-25-24(17-23)12-14-28-31(4,15-8-16-32(25,28)5)20-33-29(36)19-38-30(37)18-35-22(3)34-26-9-6-7-10-27(26)35/h6-7,9-11,13,17,21,28H,8,12,14-16,18-20H2,1-5H3,(H,33,36). The third-order valence-corrected chi connectivity index (χ3v) is 9.35. The van der Waals surface area contributed by atoms with Crippen LogP contribution in [0.3, 0.4) is 0 Å². The van der Waals surface area contributed by atoms with Crippen molar-refractivity contribution in [3.05, 3.63) is 65.0 Å². The summed E-state index contributed by atoms with van der Waals surface area (Å²) in [5.41, 5.74) is 6.29. The van der Waals surface area contributed by atoms with Crippen LogP contribution in [0.15, 0.2) is 42.5 Å². The summed E-state index contributed by atoms with van der Waals surface area (Å²) in [5, 5.41) is 3.11. The van der Waals surface area contributed by atoms with Crippen LogP contribution in [0.25, 0.3) is 11.0 Å². The molecule has 1 fully saturated rings. The zero-order valence-electron chi connectivity index (χ0n) is 23.5. The van der Waals surface area contributed by atoms with E-state index in [2.05, 4.69) is 56.2 Å². The van der Waals surface area contributed by atoms with Crippen molar-refractivity contribution in [3.63, 3.8) is 0 Å². The lowest BCUT2D eigenvalue weighted by molar-refractivity contribution is -0.149. The third-order valence-electron chi connectivity index (χ3n) is 9.35. The topological polar surface area (TPSA) is 73.2 Å². The molecule has 0 spiro atoms. The Morgan fingerprint density at radius 3 is 2.74 bits per heavy atom. The van der Waals surface area contributed by atoms with E-state index in [1.807, 2.05) is 35.8 Å². The number of amides is 1. The SMILES string of the molecule is Cc1nc2ccccc2n1CC(=O)OCC(=O)NCC1(C)CCCC2(C)c3ccc(C(C)C)cc3CCC12. The van der Waals surface area contributed by atoms with Gasteiger partial charge in [-0.05, 0) is 84.1 Å². The van der Waals surface area contributed by atoms with Crippen LogP contribution in [0.2, 0.25) is 0 Å². The molecule has 3 unspecified atom stereocenters. The Balaban J connectivity index is 1.19. The minimum atomic E-state index is -0.437. The molecule has 2 aliphatic carbocycles. The molecule has 3 aromatic rings. The summed E-state index contributed by atoms with van der Waals surface area (Å²) < 4.78 is 7.18. The number of hydrogen-bond acceptors (Lipinski definition) is 4. The minimum Gasteiger partial charge on any atom is -0.454 e. The molecule has 2 aliphatic rings. The molecule has 1 aromatic heterocycles. The van der Waals surface area contributed by atoms with Gasteiger partial charge in [-0.2, -0.15) is 0 Å². The van der Waals surface area contributed by atoms with E-state index in [1.165, 1.54) is 23.1 Å². The van der Waals surface area contributed by atoms with E-state index in [-0.39, 0.29) is 29.9 Å². The Morgan fingerprint density at radius 2 is 1.95 bits per heavy atom. The quantitative estimate of drug-likeness (QED) is 0.401. The van der Waals surface area contributed by atoms with E-state index in [1.54, 1.807) is 0 Å². The number of imidazole rings is 1. The minimum absolute atomic E-state index is 0.00785. The zero-order chi connectivity index (χ0) is 27.1. The number of esters is 1. The smallest absolute Gasteiger partial charge is 0.326 e. The van der Waals surface area contributed by atoms with Crippen LogP contribution in [0.4, 0.5) is 0 Å². The number of nitrogens with one attached hydrogen (secondary N) is 1. The maximum absolute atomic E-state index is 12.7. The highest BCUT2D eigenvalue weighted by Gasteiger charge is 2.51. The van der Waals surface area contributed by atoms with Crippen molar-refractivity contribution in [1.29, 1.82) is 0 Å². The van der Waals surface area contributed by atoms with Gasteiger partial charge in [0.15, 0.2) is 6.61 Å². The van der Waals surface area contributed by atoms with Crippen molar-refractivity contribution in [2.24, 2.45) is 11.3 Å². The molecule has 5 rings (SSSR count). The molecule has 1 amide bonds. The van der Waals surface area contributed by atoms with Crippen molar-refractivity contribution in [1.82, 2.24) is 14.9 Å². The highest BCUT2D eigenvalue weighted by molar-refractivity contribution is 5.82. The van der Waals surface area contributed by atoms with E-state index in [4.69, 9.17) is 4.74 Å². The zero-order valence-corrected chi connectivity index (χ0v) is 23.5. The maximum atomic E-state index is 12.7. The number of nitrogens with zero attached hydrogens (tertiary/aromatic N) is 2. The fraction of sp³-hybridized carbons (Fsp3) is 0.531. The molecular formula is C32H41N3O3. The number of hydrogen-bond donors (Lipinski definition) is 1. The van der Waals surface area contributed by atoms with Gasteiger partial charge in [0.05, 0.1) is 11.0 Å². The number of rotatable bonds is 7. The number of ether oxygens (including phenoxy) is 1. The Kier molecular flexibility index (Phi) is 7.10. The molecule has 1 heterocycles. The van der Waals surface area contributed by atoms with E-state index in [9.17, 15) is 9.59 Å². The van der Waals surface area contributed by atoms with Gasteiger partial charge in [-0.15, -0.1) is 0 Å². The molecule has 0 bridgehead atoms. The lowest BCUT2D eigenvalue weighted by atomic mass is 9.49. The highest BCUT2D eigenvalue weighted by atomic mass is 16.5. The second-order valence-electron chi connectivity index (χ2n) is 12.3. The van der Waals surface area contributed by atoms with E-state index in [0.29, 0.717) is 18.4 Å². The first-order chi connectivity index (χ1) is 18.1. The second-order valence-corrected chi connectivity index (χ2v) is 12.3. The lowest BCUT2D eigenvalue weighted by Gasteiger charge is -2.55. The van der Waals surface area contributed by atoms with Gasteiger partial charge >= 0.3 is 5.97 Å². The van der Waals surface area contributed by atoms with Crippen LogP contribution in [-0.2, 0) is 32.7 Å². The van der Waals surface area contributed by atoms with Crippen LogP contribution in [0.1, 0.15) is 81.8 Å². The van der Waals surface area contributed by atoms with Crippen LogP contribution < -0.4 is 5.32 Å². The van der Waals surface area contributed by atoms with E-state index in [0.717, 1.165) is 42.5 Å². The molecule has 6 heteroatoms. The number of carbonyl (C=O) groups is 2. The van der Waals surface area contributed by atoms with Crippen molar-refractivity contribution in [2.45, 2.75) is 84.6 Å². The fourth-order valence-electron chi connectivity index (χ4n) is 7.28. The van der Waals surface area contributed by atoms with Crippen LogP contribution in [0.5, 0.6) is 0 Å². The summed E-state index contributed by atoms with van der Waals surface area (Å²) in [6.07, 6.45) is 5.68. The summed E-state index contributed by atoms with van der Waals surface area (Å²) >= 11 is 0. The van der Waals surface area contributed by atoms with Gasteiger partial charge in [-0.3, -0.25) is 9.59 Å². The summed E-state index contributed by atoms with van der Waals surface area (Å²) in [6, 6.07) is 14.8. The van der Waals surface area contributed by atoms with Gasteiger partial charge in [0, 0.05) is 6.54 Å². The van der Waals surface area contributed by atoms with E-state index < -0.39 is 5.97 Å². The summed E-state index contributed by atoms with van der Waals surface area (Å²) in [4.78, 5) is 29.8. The molecule has 0 radical (unpaired) electrons. The van der Waals surface area contributed by atoms with Crippen molar-refractivity contribution >= 4 is 22.9 Å². The number of aryl methyl sites for hydroxylation is 2. The van der Waals surface area contributed by atoms with Gasteiger partial charge < -0.3 is 14.6 Å². The van der Waals surface area contributed by atoms with Crippen molar-refractivity contribution in [2.75, 3.05) is 13.2 Å². The van der Waals surface area contributed by atoms with Gasteiger partial charge in [0.1, 0.15) is 12.4 Å². The van der Waals surface area contributed by atoms with Gasteiger partial charge in [0.25, 0.3) is 5.91 Å². The molecule has 6 nitrogen and oxygen atoms in total. The number of carbonyl (C=O) groups excluding carboxylic acids is 2.